The van der Waals surface area contributed by atoms with E-state index in [1.54, 1.807) is 42.5 Å². The van der Waals surface area contributed by atoms with Gasteiger partial charge in [0.05, 0.1) is 7.11 Å². The van der Waals surface area contributed by atoms with Gasteiger partial charge in [-0.1, -0.05) is 35.3 Å². The number of benzene rings is 2. The van der Waals surface area contributed by atoms with Crippen molar-refractivity contribution in [2.24, 2.45) is 0 Å². The molecule has 0 unspecified atom stereocenters. The van der Waals surface area contributed by atoms with E-state index in [2.05, 4.69) is 5.32 Å². The number of hydrogen-bond acceptors (Lipinski definition) is 5. The highest BCUT2D eigenvalue weighted by molar-refractivity contribution is 7.17. The number of esters is 1. The SMILES string of the molecule is COC(=O)c1c(NC(=O)COc2ccc(Cl)cc2)sc(C)c1-c1cccc(Cl)c1. The van der Waals surface area contributed by atoms with Gasteiger partial charge in [0.25, 0.3) is 5.91 Å². The summed E-state index contributed by atoms with van der Waals surface area (Å²) in [6, 6.07) is 13.8. The Kier molecular flexibility index (Phi) is 6.79. The summed E-state index contributed by atoms with van der Waals surface area (Å²) in [4.78, 5) is 25.7. The summed E-state index contributed by atoms with van der Waals surface area (Å²) in [7, 11) is 1.30. The number of amides is 1. The predicted octanol–water partition coefficient (Wildman–Crippen LogP) is 5.83. The van der Waals surface area contributed by atoms with Crippen LogP contribution in [-0.4, -0.2) is 25.6 Å². The zero-order chi connectivity index (χ0) is 21.0. The fraction of sp³-hybridized carbons (Fsp3) is 0.143. The average molecular weight is 450 g/mol. The number of carbonyl (C=O) groups is 2. The Hall–Kier alpha value is -2.54. The first-order valence-electron chi connectivity index (χ1n) is 8.55. The average Bonchev–Trinajstić information content (AvgIpc) is 3.02. The molecule has 0 bridgehead atoms. The molecule has 0 aliphatic heterocycles. The normalized spacial score (nSPS) is 10.5. The molecule has 0 spiro atoms. The van der Waals surface area contributed by atoms with Crippen molar-refractivity contribution in [3.8, 4) is 16.9 Å². The molecule has 1 heterocycles. The van der Waals surface area contributed by atoms with Gasteiger partial charge in [-0.25, -0.2) is 4.79 Å². The van der Waals surface area contributed by atoms with Crippen molar-refractivity contribution < 1.29 is 19.1 Å². The molecule has 0 saturated carbocycles. The Labute approximate surface area is 182 Å². The van der Waals surface area contributed by atoms with Crippen molar-refractivity contribution in [1.29, 1.82) is 0 Å². The number of methoxy groups -OCH3 is 1. The Morgan fingerprint density at radius 3 is 2.45 bits per heavy atom. The Bertz CT molecular complexity index is 1050. The number of ether oxygens (including phenoxy) is 2. The number of anilines is 1. The Morgan fingerprint density at radius 1 is 1.07 bits per heavy atom. The fourth-order valence-electron chi connectivity index (χ4n) is 2.76. The maximum atomic E-state index is 12.5. The molecule has 0 radical (unpaired) electrons. The van der Waals surface area contributed by atoms with Gasteiger partial charge in [-0.15, -0.1) is 11.3 Å². The van der Waals surface area contributed by atoms with Crippen LogP contribution in [0.1, 0.15) is 15.2 Å². The highest BCUT2D eigenvalue weighted by Gasteiger charge is 2.25. The van der Waals surface area contributed by atoms with Crippen molar-refractivity contribution >= 4 is 51.4 Å². The van der Waals surface area contributed by atoms with Crippen LogP contribution in [0.15, 0.2) is 48.5 Å². The Morgan fingerprint density at radius 2 is 1.79 bits per heavy atom. The lowest BCUT2D eigenvalue weighted by Gasteiger charge is -2.09. The lowest BCUT2D eigenvalue weighted by molar-refractivity contribution is -0.118. The summed E-state index contributed by atoms with van der Waals surface area (Å²) in [6.45, 7) is 1.65. The number of aryl methyl sites for hydroxylation is 1. The van der Waals surface area contributed by atoms with Crippen LogP contribution < -0.4 is 10.1 Å². The second kappa shape index (κ2) is 9.31. The zero-order valence-corrected chi connectivity index (χ0v) is 18.0. The van der Waals surface area contributed by atoms with Crippen molar-refractivity contribution in [3.05, 3.63) is 69.0 Å². The molecular weight excluding hydrogens is 433 g/mol. The fourth-order valence-corrected chi connectivity index (χ4v) is 4.16. The largest absolute Gasteiger partial charge is 0.484 e. The van der Waals surface area contributed by atoms with Gasteiger partial charge in [-0.2, -0.15) is 0 Å². The summed E-state index contributed by atoms with van der Waals surface area (Å²) in [5.74, 6) is -0.429. The summed E-state index contributed by atoms with van der Waals surface area (Å²) >= 11 is 13.2. The van der Waals surface area contributed by atoms with Gasteiger partial charge >= 0.3 is 5.97 Å². The number of carbonyl (C=O) groups excluding carboxylic acids is 2. The van der Waals surface area contributed by atoms with Crippen LogP contribution in [0.2, 0.25) is 10.0 Å². The topological polar surface area (TPSA) is 64.6 Å². The first-order chi connectivity index (χ1) is 13.9. The summed E-state index contributed by atoms with van der Waals surface area (Å²) in [5, 5.41) is 4.27. The Balaban J connectivity index is 1.85. The lowest BCUT2D eigenvalue weighted by Crippen LogP contribution is -2.21. The molecule has 1 aromatic heterocycles. The number of nitrogens with one attached hydrogen (secondary N) is 1. The summed E-state index contributed by atoms with van der Waals surface area (Å²) in [6.07, 6.45) is 0. The molecule has 0 saturated heterocycles. The molecule has 0 fully saturated rings. The highest BCUT2D eigenvalue weighted by Crippen LogP contribution is 2.40. The number of halogens is 2. The summed E-state index contributed by atoms with van der Waals surface area (Å²) in [5.41, 5.74) is 1.74. The van der Waals surface area contributed by atoms with E-state index in [1.807, 2.05) is 13.0 Å². The maximum Gasteiger partial charge on any atom is 0.341 e. The van der Waals surface area contributed by atoms with E-state index in [0.717, 1.165) is 10.4 Å². The molecule has 3 rings (SSSR count). The molecule has 0 aliphatic rings. The van der Waals surface area contributed by atoms with E-state index in [9.17, 15) is 9.59 Å². The van der Waals surface area contributed by atoms with E-state index in [-0.39, 0.29) is 12.2 Å². The molecule has 0 atom stereocenters. The van der Waals surface area contributed by atoms with Gasteiger partial charge in [0.15, 0.2) is 6.61 Å². The number of rotatable bonds is 6. The maximum absolute atomic E-state index is 12.5. The molecule has 0 aliphatic carbocycles. The molecule has 8 heteroatoms. The third-order valence-electron chi connectivity index (χ3n) is 4.02. The van der Waals surface area contributed by atoms with Gasteiger partial charge < -0.3 is 14.8 Å². The van der Waals surface area contributed by atoms with E-state index < -0.39 is 11.9 Å². The number of hydrogen-bond donors (Lipinski definition) is 1. The number of thiophene rings is 1. The molecule has 1 amide bonds. The van der Waals surface area contributed by atoms with E-state index >= 15 is 0 Å². The van der Waals surface area contributed by atoms with Crippen LogP contribution in [0.5, 0.6) is 5.75 Å². The molecule has 29 heavy (non-hydrogen) atoms. The standard InChI is InChI=1S/C21H17Cl2NO4S/c1-12-18(13-4-3-5-15(23)10-13)19(21(26)27-2)20(29-12)24-17(25)11-28-16-8-6-14(22)7-9-16/h3-10H,11H2,1-2H3,(H,24,25). The first kappa shape index (κ1) is 21.2. The molecular formula is C21H17Cl2NO4S. The van der Waals surface area contributed by atoms with Crippen LogP contribution in [0, 0.1) is 6.92 Å². The van der Waals surface area contributed by atoms with E-state index in [0.29, 0.717) is 26.4 Å². The van der Waals surface area contributed by atoms with Crippen LogP contribution in [0.4, 0.5) is 5.00 Å². The third kappa shape index (κ3) is 5.09. The molecule has 1 N–H and O–H groups in total. The molecule has 5 nitrogen and oxygen atoms in total. The summed E-state index contributed by atoms with van der Waals surface area (Å²) < 4.78 is 10.4. The minimum atomic E-state index is -0.543. The van der Waals surface area contributed by atoms with Crippen molar-refractivity contribution in [2.75, 3.05) is 19.0 Å². The van der Waals surface area contributed by atoms with E-state index in [4.69, 9.17) is 32.7 Å². The molecule has 150 valence electrons. The van der Waals surface area contributed by atoms with Gasteiger partial charge in [-0.3, -0.25) is 4.79 Å². The van der Waals surface area contributed by atoms with Crippen molar-refractivity contribution in [1.82, 2.24) is 0 Å². The molecule has 3 aromatic rings. The van der Waals surface area contributed by atoms with Crippen LogP contribution in [0.3, 0.4) is 0 Å². The van der Waals surface area contributed by atoms with Crippen molar-refractivity contribution in [3.63, 3.8) is 0 Å². The quantitative estimate of drug-likeness (QED) is 0.480. The second-order valence-electron chi connectivity index (χ2n) is 6.03. The predicted molar refractivity (Wildman–Crippen MR) is 116 cm³/mol. The van der Waals surface area contributed by atoms with Gasteiger partial charge in [0.1, 0.15) is 16.3 Å². The van der Waals surface area contributed by atoms with Gasteiger partial charge in [-0.05, 0) is 48.9 Å². The monoisotopic (exact) mass is 449 g/mol. The van der Waals surface area contributed by atoms with E-state index in [1.165, 1.54) is 18.4 Å². The van der Waals surface area contributed by atoms with Crippen LogP contribution >= 0.6 is 34.5 Å². The zero-order valence-electron chi connectivity index (χ0n) is 15.6. The van der Waals surface area contributed by atoms with Crippen LogP contribution in [0.25, 0.3) is 11.1 Å². The minimum Gasteiger partial charge on any atom is -0.484 e. The smallest absolute Gasteiger partial charge is 0.341 e. The highest BCUT2D eigenvalue weighted by atomic mass is 35.5. The first-order valence-corrected chi connectivity index (χ1v) is 10.1. The van der Waals surface area contributed by atoms with Gasteiger partial charge in [0.2, 0.25) is 0 Å². The van der Waals surface area contributed by atoms with Crippen molar-refractivity contribution in [2.45, 2.75) is 6.92 Å². The lowest BCUT2D eigenvalue weighted by atomic mass is 10.0. The van der Waals surface area contributed by atoms with Gasteiger partial charge in [0, 0.05) is 20.5 Å². The second-order valence-corrected chi connectivity index (χ2v) is 8.13. The third-order valence-corrected chi connectivity index (χ3v) is 5.53. The molecule has 2 aromatic carbocycles. The minimum absolute atomic E-state index is 0.217. The van der Waals surface area contributed by atoms with Crippen LogP contribution in [-0.2, 0) is 9.53 Å².